The lowest BCUT2D eigenvalue weighted by molar-refractivity contribution is -0.297. The van der Waals surface area contributed by atoms with Crippen molar-refractivity contribution in [1.29, 1.82) is 0 Å². The first kappa shape index (κ1) is 31.7. The summed E-state index contributed by atoms with van der Waals surface area (Å²) in [4.78, 5) is 30.9. The lowest BCUT2D eigenvalue weighted by Crippen LogP contribution is -2.51. The fourth-order valence-corrected chi connectivity index (χ4v) is 5.32. The van der Waals surface area contributed by atoms with Crippen LogP contribution in [0.4, 0.5) is 35.1 Å². The molecule has 222 valence electrons. The average Bonchev–Trinajstić information content (AvgIpc) is 3.34. The summed E-state index contributed by atoms with van der Waals surface area (Å²) in [5, 5.41) is 12.0. The molecule has 1 saturated heterocycles. The van der Waals surface area contributed by atoms with Crippen molar-refractivity contribution in [2.45, 2.75) is 76.4 Å². The number of aromatic nitrogens is 1. The second-order valence-corrected chi connectivity index (χ2v) is 11.7. The molecule has 3 rings (SSSR count). The number of hydrogen-bond acceptors (Lipinski definition) is 5. The van der Waals surface area contributed by atoms with Crippen LogP contribution < -0.4 is 5.32 Å². The van der Waals surface area contributed by atoms with Gasteiger partial charge in [0.25, 0.3) is 17.7 Å². The van der Waals surface area contributed by atoms with Gasteiger partial charge >= 0.3 is 12.4 Å². The second kappa shape index (κ2) is 10.2. The third kappa shape index (κ3) is 6.09. The van der Waals surface area contributed by atoms with Crippen molar-refractivity contribution in [3.63, 3.8) is 0 Å². The van der Waals surface area contributed by atoms with Gasteiger partial charge in [-0.3, -0.25) is 9.59 Å². The Kier molecular flexibility index (Phi) is 8.11. The van der Waals surface area contributed by atoms with Crippen LogP contribution in [-0.4, -0.2) is 69.8 Å². The quantitative estimate of drug-likeness (QED) is 0.406. The van der Waals surface area contributed by atoms with Gasteiger partial charge in [0.2, 0.25) is 0 Å². The van der Waals surface area contributed by atoms with Crippen molar-refractivity contribution in [2.24, 2.45) is 0 Å². The first-order valence-corrected chi connectivity index (χ1v) is 12.8. The zero-order chi connectivity index (χ0) is 30.6. The largest absolute Gasteiger partial charge is 0.406 e. The Morgan fingerprint density at radius 3 is 2.15 bits per heavy atom. The number of rotatable bonds is 6. The molecule has 0 unspecified atom stereocenters. The fraction of sp³-hybridized carbons (Fsp3) is 0.560. The molecule has 0 aliphatic carbocycles. The van der Waals surface area contributed by atoms with Crippen molar-refractivity contribution in [2.75, 3.05) is 13.1 Å². The molecule has 0 radical (unpaired) electrons. The Bertz CT molecular complexity index is 1280. The number of aliphatic hydroxyl groups is 1. The van der Waals surface area contributed by atoms with Crippen molar-refractivity contribution in [3.05, 3.63) is 40.0 Å². The highest BCUT2D eigenvalue weighted by Crippen LogP contribution is 2.52. The lowest BCUT2D eigenvalue weighted by Gasteiger charge is -2.34. The number of nitrogens with zero attached hydrogens (tertiary/aromatic N) is 2. The Morgan fingerprint density at radius 2 is 1.70 bits per heavy atom. The summed E-state index contributed by atoms with van der Waals surface area (Å²) in [6.07, 6.45) is -12.0. The number of likely N-dealkylation sites (tertiary alicyclic amines) is 1. The Morgan fingerprint density at radius 1 is 1.12 bits per heavy atom. The highest BCUT2D eigenvalue weighted by atomic mass is 32.1. The summed E-state index contributed by atoms with van der Waals surface area (Å²) in [5.74, 6) is -4.99. The number of halogens is 8. The van der Waals surface area contributed by atoms with Gasteiger partial charge in [-0.15, -0.1) is 11.3 Å². The molecule has 6 nitrogen and oxygen atoms in total. The first-order valence-electron chi connectivity index (χ1n) is 11.9. The number of benzene rings is 1. The third-order valence-corrected chi connectivity index (χ3v) is 7.76. The van der Waals surface area contributed by atoms with Gasteiger partial charge in [0.05, 0.1) is 17.0 Å². The van der Waals surface area contributed by atoms with Crippen LogP contribution in [0.15, 0.2) is 18.2 Å². The molecular weight excluding hydrogens is 574 g/mol. The molecule has 15 heteroatoms. The maximum Gasteiger partial charge on any atom is 0.406 e. The van der Waals surface area contributed by atoms with Gasteiger partial charge in [-0.05, 0) is 51.3 Å². The van der Waals surface area contributed by atoms with Gasteiger partial charge in [0.1, 0.15) is 5.69 Å². The normalized spacial score (nSPS) is 18.2. The molecule has 1 atom stereocenters. The Labute approximate surface area is 228 Å². The minimum absolute atomic E-state index is 0.00329. The number of thiazole rings is 1. The van der Waals surface area contributed by atoms with Crippen LogP contribution in [-0.2, 0) is 5.41 Å². The van der Waals surface area contributed by atoms with Crippen LogP contribution in [0.3, 0.4) is 0 Å². The summed E-state index contributed by atoms with van der Waals surface area (Å²) in [6, 6.07) is 1.35. The van der Waals surface area contributed by atoms with Gasteiger partial charge in [0.15, 0.2) is 10.4 Å². The maximum absolute atomic E-state index is 14.0. The van der Waals surface area contributed by atoms with E-state index >= 15 is 0 Å². The molecule has 1 aromatic heterocycles. The highest BCUT2D eigenvalue weighted by Gasteiger charge is 2.68. The smallest absolute Gasteiger partial charge is 0.389 e. The Hall–Kier alpha value is -2.81. The summed E-state index contributed by atoms with van der Waals surface area (Å²) in [7, 11) is 0. The Balaban J connectivity index is 2.14. The topological polar surface area (TPSA) is 82.5 Å². The molecule has 2 N–H and O–H groups in total. The van der Waals surface area contributed by atoms with Crippen LogP contribution >= 0.6 is 11.3 Å². The van der Waals surface area contributed by atoms with E-state index in [0.717, 1.165) is 11.0 Å². The highest BCUT2D eigenvalue weighted by molar-refractivity contribution is 7.17. The molecule has 2 amide bonds. The summed E-state index contributed by atoms with van der Waals surface area (Å²) >= 11 is 0.614. The van der Waals surface area contributed by atoms with Gasteiger partial charge in [-0.1, -0.05) is 18.2 Å². The van der Waals surface area contributed by atoms with Gasteiger partial charge in [0, 0.05) is 19.0 Å². The van der Waals surface area contributed by atoms with Crippen LogP contribution in [0.25, 0.3) is 10.4 Å². The van der Waals surface area contributed by atoms with Crippen LogP contribution in [0.2, 0.25) is 0 Å². The van der Waals surface area contributed by atoms with Crippen LogP contribution in [0.5, 0.6) is 0 Å². The van der Waals surface area contributed by atoms with Gasteiger partial charge in [-0.2, -0.15) is 26.3 Å². The number of carbonyl (C=O) groups excluding carboxylic acids is 2. The number of amides is 2. The van der Waals surface area contributed by atoms with Crippen molar-refractivity contribution < 1.29 is 49.8 Å². The molecule has 1 aliphatic rings. The van der Waals surface area contributed by atoms with E-state index < -0.39 is 71.4 Å². The molecule has 0 spiro atoms. The number of nitrogens with one attached hydrogen (secondary N) is 1. The van der Waals surface area contributed by atoms with Crippen molar-refractivity contribution in [1.82, 2.24) is 15.2 Å². The number of aryl methyl sites for hydroxylation is 1. The summed E-state index contributed by atoms with van der Waals surface area (Å²) in [5.41, 5.74) is -7.17. The van der Waals surface area contributed by atoms with Crippen LogP contribution in [0.1, 0.15) is 65.5 Å². The minimum Gasteiger partial charge on any atom is -0.389 e. The average molecular weight is 602 g/mol. The molecule has 2 heterocycles. The zero-order valence-corrected chi connectivity index (χ0v) is 22.8. The molecule has 2 aromatic rings. The molecule has 0 bridgehead atoms. The lowest BCUT2D eigenvalue weighted by atomic mass is 9.79. The first-order chi connectivity index (χ1) is 18.0. The number of carbonyl (C=O) groups is 2. The standard InChI is InChI=1S/C25H27F8N3O3S/c1-12-8-14(22(5,24(28,29)30)25(31,32)33)6-7-15(12)17-16(20(38)36-11-23(26,27)9-13(36)2)35-19(40-17)18(37)34-10-21(3,4)39/h6-8,13,39H,9-11H2,1-5H3,(H,34,37)/t13-/m0/s1. The van der Waals surface area contributed by atoms with E-state index in [2.05, 4.69) is 10.3 Å². The van der Waals surface area contributed by atoms with Gasteiger partial charge in [-0.25, -0.2) is 13.8 Å². The van der Waals surface area contributed by atoms with E-state index in [1.807, 2.05) is 0 Å². The molecule has 40 heavy (non-hydrogen) atoms. The van der Waals surface area contributed by atoms with Crippen molar-refractivity contribution >= 4 is 23.2 Å². The van der Waals surface area contributed by atoms with E-state index in [0.29, 0.717) is 23.5 Å². The van der Waals surface area contributed by atoms with Gasteiger partial charge < -0.3 is 15.3 Å². The predicted molar refractivity (Wildman–Crippen MR) is 130 cm³/mol. The van der Waals surface area contributed by atoms with E-state index in [1.165, 1.54) is 27.7 Å². The predicted octanol–water partition coefficient (Wildman–Crippen LogP) is 5.87. The second-order valence-electron chi connectivity index (χ2n) is 10.7. The van der Waals surface area contributed by atoms with E-state index in [1.54, 1.807) is 0 Å². The van der Waals surface area contributed by atoms with Crippen molar-refractivity contribution in [3.8, 4) is 10.4 Å². The number of hydrogen-bond donors (Lipinski definition) is 2. The molecule has 1 fully saturated rings. The molecule has 0 saturated carbocycles. The molecule has 1 aromatic carbocycles. The van der Waals surface area contributed by atoms with E-state index in [-0.39, 0.29) is 34.5 Å². The van der Waals surface area contributed by atoms with E-state index in [4.69, 9.17) is 0 Å². The SMILES string of the molecule is Cc1cc(C(C)(C(F)(F)F)C(F)(F)F)ccc1-c1sc(C(=O)NCC(C)(C)O)nc1C(=O)N1CC(F)(F)C[C@@H]1C. The summed E-state index contributed by atoms with van der Waals surface area (Å²) < 4.78 is 110. The van der Waals surface area contributed by atoms with E-state index in [9.17, 15) is 49.8 Å². The monoisotopic (exact) mass is 601 g/mol. The molecule has 1 aliphatic heterocycles. The third-order valence-electron chi connectivity index (χ3n) is 6.68. The fourth-order valence-electron chi connectivity index (χ4n) is 4.25. The maximum atomic E-state index is 14.0. The minimum atomic E-state index is -5.69. The summed E-state index contributed by atoms with van der Waals surface area (Å²) in [6.45, 7) is 4.29. The van der Waals surface area contributed by atoms with Crippen LogP contribution in [0, 0.1) is 6.92 Å². The zero-order valence-electron chi connectivity index (χ0n) is 22.0. The number of alkyl halides is 8. The molecular formula is C25H27F8N3O3S.